The molecule has 0 unspecified atom stereocenters. The molecule has 3 aromatic rings. The Morgan fingerprint density at radius 1 is 1.07 bits per heavy atom. The molecule has 0 spiro atoms. The van der Waals surface area contributed by atoms with Gasteiger partial charge in [0.25, 0.3) is 0 Å². The zero-order valence-corrected chi connectivity index (χ0v) is 17.4. The van der Waals surface area contributed by atoms with Gasteiger partial charge in [0.2, 0.25) is 0 Å². The quantitative estimate of drug-likeness (QED) is 0.655. The van der Waals surface area contributed by atoms with Gasteiger partial charge in [-0.3, -0.25) is 9.88 Å². The predicted octanol–water partition coefficient (Wildman–Crippen LogP) is 4.75. The summed E-state index contributed by atoms with van der Waals surface area (Å²) in [7, 11) is 0. The average Bonchev–Trinajstić information content (AvgIpc) is 3.10. The van der Waals surface area contributed by atoms with Crippen LogP contribution < -0.4 is 5.32 Å². The van der Waals surface area contributed by atoms with Crippen molar-refractivity contribution in [1.29, 1.82) is 0 Å². The monoisotopic (exact) mass is 393 g/mol. The number of thiazole rings is 1. The Morgan fingerprint density at radius 2 is 1.93 bits per heavy atom. The maximum atomic E-state index is 4.80. The van der Waals surface area contributed by atoms with Crippen LogP contribution in [0.25, 0.3) is 0 Å². The van der Waals surface area contributed by atoms with Crippen LogP contribution in [-0.4, -0.2) is 32.9 Å². The first-order valence-electron chi connectivity index (χ1n) is 9.93. The van der Waals surface area contributed by atoms with Crippen molar-refractivity contribution in [2.24, 2.45) is 5.92 Å². The van der Waals surface area contributed by atoms with Gasteiger partial charge in [0, 0.05) is 35.2 Å². The Hall–Kier alpha value is -2.31. The normalized spacial score (nSPS) is 15.6. The fraction of sp³-hybridized carbons (Fsp3) is 0.409. The van der Waals surface area contributed by atoms with Crippen LogP contribution in [0.4, 0.5) is 10.9 Å². The van der Waals surface area contributed by atoms with Gasteiger partial charge < -0.3 is 5.32 Å². The van der Waals surface area contributed by atoms with Crippen molar-refractivity contribution in [3.8, 4) is 0 Å². The first kappa shape index (κ1) is 19.0. The number of hydrogen-bond donors (Lipinski definition) is 1. The number of aryl methyl sites for hydroxylation is 2. The van der Waals surface area contributed by atoms with Gasteiger partial charge in [-0.1, -0.05) is 12.1 Å². The maximum Gasteiger partial charge on any atom is 0.188 e. The third-order valence-electron chi connectivity index (χ3n) is 5.25. The van der Waals surface area contributed by atoms with E-state index in [1.54, 1.807) is 11.3 Å². The summed E-state index contributed by atoms with van der Waals surface area (Å²) in [6.07, 6.45) is 7.39. The van der Waals surface area contributed by atoms with Crippen molar-refractivity contribution in [3.63, 3.8) is 0 Å². The summed E-state index contributed by atoms with van der Waals surface area (Å²) in [6, 6.07) is 10.5. The largest absolute Gasteiger partial charge is 0.316 e. The highest BCUT2D eigenvalue weighted by Crippen LogP contribution is 2.24. The highest BCUT2D eigenvalue weighted by Gasteiger charge is 2.20. The second-order valence-electron chi connectivity index (χ2n) is 7.65. The van der Waals surface area contributed by atoms with Crippen molar-refractivity contribution in [1.82, 2.24) is 19.9 Å². The molecule has 1 fully saturated rings. The molecule has 0 aliphatic carbocycles. The molecule has 1 saturated heterocycles. The molecule has 3 aromatic heterocycles. The number of hydrogen-bond acceptors (Lipinski definition) is 6. The fourth-order valence-corrected chi connectivity index (χ4v) is 4.35. The number of pyridine rings is 2. The second-order valence-corrected chi connectivity index (χ2v) is 8.88. The van der Waals surface area contributed by atoms with Crippen molar-refractivity contribution < 1.29 is 0 Å². The smallest absolute Gasteiger partial charge is 0.188 e. The number of anilines is 2. The third-order valence-corrected chi connectivity index (χ3v) is 6.08. The van der Waals surface area contributed by atoms with Crippen molar-refractivity contribution in [2.45, 2.75) is 39.7 Å². The van der Waals surface area contributed by atoms with E-state index < -0.39 is 0 Å². The molecule has 0 aromatic carbocycles. The lowest BCUT2D eigenvalue weighted by Crippen LogP contribution is -2.34. The van der Waals surface area contributed by atoms with E-state index in [9.17, 15) is 0 Å². The lowest BCUT2D eigenvalue weighted by atomic mass is 9.92. The van der Waals surface area contributed by atoms with E-state index in [0.717, 1.165) is 42.7 Å². The molecule has 5 nitrogen and oxygen atoms in total. The maximum absolute atomic E-state index is 4.80. The second kappa shape index (κ2) is 8.80. The van der Waals surface area contributed by atoms with E-state index in [2.05, 4.69) is 51.4 Å². The van der Waals surface area contributed by atoms with Crippen molar-refractivity contribution in [2.75, 3.05) is 18.4 Å². The van der Waals surface area contributed by atoms with Crippen molar-refractivity contribution >= 4 is 22.3 Å². The first-order chi connectivity index (χ1) is 13.6. The molecule has 0 bridgehead atoms. The Bertz CT molecular complexity index is 897. The molecule has 0 radical (unpaired) electrons. The highest BCUT2D eigenvalue weighted by atomic mass is 32.1. The number of nitrogens with one attached hydrogen (secondary N) is 1. The summed E-state index contributed by atoms with van der Waals surface area (Å²) in [5, 5.41) is 4.23. The van der Waals surface area contributed by atoms with Crippen LogP contribution in [0, 0.1) is 19.8 Å². The zero-order valence-electron chi connectivity index (χ0n) is 16.6. The minimum Gasteiger partial charge on any atom is -0.316 e. The number of likely N-dealkylation sites (tertiary alicyclic amines) is 1. The third kappa shape index (κ3) is 5.14. The van der Waals surface area contributed by atoms with Crippen LogP contribution in [-0.2, 0) is 13.0 Å². The SMILES string of the molecule is Cc1ccc(CN2CCC(Cc3cccc(Nc4ncc(C)s4)n3)CC2)cn1. The molecule has 4 rings (SSSR count). The molecule has 0 amide bonds. The molecule has 0 atom stereocenters. The molecular formula is C22H27N5S. The van der Waals surface area contributed by atoms with Crippen LogP contribution in [0.2, 0.25) is 0 Å². The van der Waals surface area contributed by atoms with Gasteiger partial charge in [0.1, 0.15) is 5.82 Å². The lowest BCUT2D eigenvalue weighted by molar-refractivity contribution is 0.176. The summed E-state index contributed by atoms with van der Waals surface area (Å²) in [4.78, 5) is 17.3. The van der Waals surface area contributed by atoms with Crippen LogP contribution in [0.5, 0.6) is 0 Å². The van der Waals surface area contributed by atoms with Crippen LogP contribution in [0.1, 0.15) is 34.7 Å². The van der Waals surface area contributed by atoms with Crippen molar-refractivity contribution in [3.05, 3.63) is 64.6 Å². The van der Waals surface area contributed by atoms with E-state index in [1.165, 1.54) is 29.0 Å². The average molecular weight is 394 g/mol. The van der Waals surface area contributed by atoms with E-state index >= 15 is 0 Å². The van der Waals surface area contributed by atoms with Crippen LogP contribution in [0.3, 0.4) is 0 Å². The molecule has 6 heteroatoms. The van der Waals surface area contributed by atoms with E-state index in [1.807, 2.05) is 25.4 Å². The Morgan fingerprint density at radius 3 is 2.64 bits per heavy atom. The topological polar surface area (TPSA) is 53.9 Å². The molecule has 1 N–H and O–H groups in total. The minimum absolute atomic E-state index is 0.706. The lowest BCUT2D eigenvalue weighted by Gasteiger charge is -2.31. The highest BCUT2D eigenvalue weighted by molar-refractivity contribution is 7.15. The summed E-state index contributed by atoms with van der Waals surface area (Å²) in [6.45, 7) is 7.40. The number of rotatable bonds is 6. The van der Waals surface area contributed by atoms with Gasteiger partial charge in [0.15, 0.2) is 5.13 Å². The number of nitrogens with zero attached hydrogens (tertiary/aromatic N) is 4. The fourth-order valence-electron chi connectivity index (χ4n) is 3.68. The number of piperidine rings is 1. The molecular weight excluding hydrogens is 366 g/mol. The molecule has 1 aliphatic heterocycles. The van der Waals surface area contributed by atoms with Gasteiger partial charge >= 0.3 is 0 Å². The van der Waals surface area contributed by atoms with E-state index in [-0.39, 0.29) is 0 Å². The zero-order chi connectivity index (χ0) is 19.3. The van der Waals surface area contributed by atoms with Crippen LogP contribution in [0.15, 0.2) is 42.7 Å². The molecule has 0 saturated carbocycles. The van der Waals surface area contributed by atoms with E-state index in [0.29, 0.717) is 5.92 Å². The summed E-state index contributed by atoms with van der Waals surface area (Å²) in [5.74, 6) is 1.59. The standard InChI is InChI=1S/C22H27N5S/c1-16-6-7-19(14-23-16)15-27-10-8-18(9-11-27)12-20-4-3-5-21(25-20)26-22-24-13-17(2)28-22/h3-7,13-14,18H,8-12,15H2,1-2H3,(H,24,25,26). The summed E-state index contributed by atoms with van der Waals surface area (Å²) in [5.41, 5.74) is 3.55. The first-order valence-corrected chi connectivity index (χ1v) is 10.7. The molecule has 28 heavy (non-hydrogen) atoms. The molecule has 146 valence electrons. The minimum atomic E-state index is 0.706. The predicted molar refractivity (Wildman–Crippen MR) is 115 cm³/mol. The van der Waals surface area contributed by atoms with Gasteiger partial charge in [-0.05, 0) is 75.9 Å². The van der Waals surface area contributed by atoms with Gasteiger partial charge in [-0.15, -0.1) is 11.3 Å². The summed E-state index contributed by atoms with van der Waals surface area (Å²) < 4.78 is 0. The van der Waals surface area contributed by atoms with Crippen LogP contribution >= 0.6 is 11.3 Å². The Labute approximate surface area is 170 Å². The molecule has 4 heterocycles. The van der Waals surface area contributed by atoms with Gasteiger partial charge in [-0.2, -0.15) is 0 Å². The Kier molecular flexibility index (Phi) is 5.98. The molecule has 1 aliphatic rings. The van der Waals surface area contributed by atoms with E-state index in [4.69, 9.17) is 4.98 Å². The van der Waals surface area contributed by atoms with Gasteiger partial charge in [-0.25, -0.2) is 9.97 Å². The van der Waals surface area contributed by atoms with Gasteiger partial charge in [0.05, 0.1) is 0 Å². The summed E-state index contributed by atoms with van der Waals surface area (Å²) >= 11 is 1.65. The Balaban J connectivity index is 1.28. The number of aromatic nitrogens is 3.